The molecule has 116 valence electrons. The van der Waals surface area contributed by atoms with Crippen LogP contribution < -0.4 is 0 Å². The minimum Gasteiger partial charge on any atom is -0.262 e. The van der Waals surface area contributed by atoms with Gasteiger partial charge in [0.1, 0.15) is 0 Å². The van der Waals surface area contributed by atoms with Gasteiger partial charge in [0.15, 0.2) is 0 Å². The summed E-state index contributed by atoms with van der Waals surface area (Å²) in [6.07, 6.45) is 18.2. The quantitative estimate of drug-likeness (QED) is 0.247. The van der Waals surface area contributed by atoms with E-state index in [1.165, 1.54) is 70.6 Å². The van der Waals surface area contributed by atoms with Crippen LogP contribution in [0.3, 0.4) is 0 Å². The maximum absolute atomic E-state index is 4.42. The molecular weight excluding hydrogens is 242 g/mol. The van der Waals surface area contributed by atoms with Crippen molar-refractivity contribution in [3.05, 3.63) is 25.4 Å². The van der Waals surface area contributed by atoms with E-state index in [2.05, 4.69) is 32.0 Å². The monoisotopic (exact) mass is 277 g/mol. The fraction of sp³-hybridized carbons (Fsp3) is 0.737. The van der Waals surface area contributed by atoms with E-state index >= 15 is 0 Å². The normalized spacial score (nSPS) is 13.2. The molecule has 1 unspecified atom stereocenters. The molecule has 0 amide bonds. The van der Waals surface area contributed by atoms with Gasteiger partial charge in [0, 0.05) is 17.8 Å². The van der Waals surface area contributed by atoms with Gasteiger partial charge < -0.3 is 0 Å². The zero-order valence-electron chi connectivity index (χ0n) is 13.9. The molecule has 0 aromatic rings. The molecule has 20 heavy (non-hydrogen) atoms. The van der Waals surface area contributed by atoms with Crippen molar-refractivity contribution in [2.24, 2.45) is 10.9 Å². The van der Waals surface area contributed by atoms with Gasteiger partial charge in [-0.3, -0.25) is 4.99 Å². The fourth-order valence-electron chi connectivity index (χ4n) is 2.68. The highest BCUT2D eigenvalue weighted by Gasteiger charge is 2.12. The summed E-state index contributed by atoms with van der Waals surface area (Å²) < 4.78 is 0. The summed E-state index contributed by atoms with van der Waals surface area (Å²) in [6.45, 7) is 12.2. The molecule has 0 aliphatic rings. The van der Waals surface area contributed by atoms with Gasteiger partial charge in [-0.05, 0) is 18.9 Å². The number of aliphatic imine (C=N–C) groups is 1. The highest BCUT2D eigenvalue weighted by atomic mass is 14.7. The second kappa shape index (κ2) is 14.6. The molecule has 0 radical (unpaired) electrons. The summed E-state index contributed by atoms with van der Waals surface area (Å²) in [5.41, 5.74) is 1.15. The number of hydrogen-bond donors (Lipinski definition) is 0. The molecule has 0 aliphatic heterocycles. The van der Waals surface area contributed by atoms with Gasteiger partial charge >= 0.3 is 0 Å². The highest BCUT2D eigenvalue weighted by molar-refractivity contribution is 5.96. The van der Waals surface area contributed by atoms with Crippen molar-refractivity contribution in [2.75, 3.05) is 0 Å². The number of hydrogen-bond acceptors (Lipinski definition) is 1. The molecule has 1 atom stereocenters. The molecule has 0 N–H and O–H groups in total. The highest BCUT2D eigenvalue weighted by Crippen LogP contribution is 2.21. The molecule has 1 heteroatoms. The lowest BCUT2D eigenvalue weighted by atomic mass is 9.90. The Hall–Kier alpha value is -0.850. The molecule has 0 saturated heterocycles. The predicted octanol–water partition coefficient (Wildman–Crippen LogP) is 6.70. The Bertz CT molecular complexity index is 265. The van der Waals surface area contributed by atoms with Gasteiger partial charge in [-0.15, -0.1) is 0 Å². The van der Waals surface area contributed by atoms with Crippen molar-refractivity contribution in [2.45, 2.75) is 84.5 Å². The van der Waals surface area contributed by atoms with Crippen LogP contribution in [-0.4, -0.2) is 5.71 Å². The van der Waals surface area contributed by atoms with E-state index in [9.17, 15) is 0 Å². The van der Waals surface area contributed by atoms with Crippen LogP contribution in [0.4, 0.5) is 0 Å². The summed E-state index contributed by atoms with van der Waals surface area (Å²) in [5, 5.41) is 0. The molecule has 0 spiro atoms. The SMILES string of the molecule is C=C/N=C(\C=C)C(CCCCCC)CCCCCCC. The number of unbranched alkanes of at least 4 members (excludes halogenated alkanes) is 7. The van der Waals surface area contributed by atoms with Crippen LogP contribution in [0.2, 0.25) is 0 Å². The van der Waals surface area contributed by atoms with Gasteiger partial charge in [-0.1, -0.05) is 84.8 Å². The average Bonchev–Trinajstić information content (AvgIpc) is 2.47. The minimum atomic E-state index is 0.587. The van der Waals surface area contributed by atoms with E-state index < -0.39 is 0 Å². The molecule has 1 nitrogen and oxygen atoms in total. The number of allylic oxidation sites excluding steroid dienone is 1. The van der Waals surface area contributed by atoms with E-state index in [-0.39, 0.29) is 0 Å². The fourth-order valence-corrected chi connectivity index (χ4v) is 2.68. The van der Waals surface area contributed by atoms with Crippen molar-refractivity contribution in [3.8, 4) is 0 Å². The summed E-state index contributed by atoms with van der Waals surface area (Å²) in [7, 11) is 0. The topological polar surface area (TPSA) is 12.4 Å². The Labute approximate surface area is 127 Å². The van der Waals surface area contributed by atoms with Crippen molar-refractivity contribution in [1.82, 2.24) is 0 Å². The van der Waals surface area contributed by atoms with Crippen LogP contribution in [0.1, 0.15) is 84.5 Å². The molecule has 0 heterocycles. The second-order valence-corrected chi connectivity index (χ2v) is 5.69. The van der Waals surface area contributed by atoms with Crippen LogP contribution in [0, 0.1) is 5.92 Å². The average molecular weight is 277 g/mol. The zero-order valence-corrected chi connectivity index (χ0v) is 13.9. The second-order valence-electron chi connectivity index (χ2n) is 5.69. The molecule has 0 aliphatic carbocycles. The summed E-state index contributed by atoms with van der Waals surface area (Å²) in [5.74, 6) is 0.587. The summed E-state index contributed by atoms with van der Waals surface area (Å²) in [4.78, 5) is 4.42. The molecule has 0 saturated carbocycles. The van der Waals surface area contributed by atoms with Crippen molar-refractivity contribution in [1.29, 1.82) is 0 Å². The smallest absolute Gasteiger partial charge is 0.0428 e. The zero-order chi connectivity index (χ0) is 15.1. The van der Waals surface area contributed by atoms with Crippen LogP contribution in [0.15, 0.2) is 30.4 Å². The van der Waals surface area contributed by atoms with Crippen molar-refractivity contribution >= 4 is 5.71 Å². The van der Waals surface area contributed by atoms with Crippen LogP contribution in [0.25, 0.3) is 0 Å². The third kappa shape index (κ3) is 10.00. The standard InChI is InChI=1S/C19H35N/c1-5-9-11-13-15-17-18(16-14-12-10-6-2)19(7-3)20-8-4/h7-8,18H,3-6,9-17H2,1-2H3/b20-19+. The molecule has 0 bridgehead atoms. The minimum absolute atomic E-state index is 0.587. The lowest BCUT2D eigenvalue weighted by Crippen LogP contribution is -2.12. The molecular formula is C19H35N. The van der Waals surface area contributed by atoms with Crippen LogP contribution >= 0.6 is 0 Å². The Morgan fingerprint density at radius 1 is 0.850 bits per heavy atom. The first-order chi connectivity index (χ1) is 9.79. The Kier molecular flexibility index (Phi) is 13.9. The molecule has 0 aromatic carbocycles. The summed E-state index contributed by atoms with van der Waals surface area (Å²) >= 11 is 0. The maximum Gasteiger partial charge on any atom is 0.0428 e. The summed E-state index contributed by atoms with van der Waals surface area (Å²) in [6, 6.07) is 0. The largest absolute Gasteiger partial charge is 0.262 e. The maximum atomic E-state index is 4.42. The number of nitrogens with zero attached hydrogens (tertiary/aromatic N) is 1. The Balaban J connectivity index is 4.19. The van der Waals surface area contributed by atoms with Gasteiger partial charge in [0.25, 0.3) is 0 Å². The lowest BCUT2D eigenvalue weighted by molar-refractivity contribution is 0.491. The first-order valence-corrected chi connectivity index (χ1v) is 8.61. The third-order valence-corrected chi connectivity index (χ3v) is 3.93. The Morgan fingerprint density at radius 2 is 1.35 bits per heavy atom. The molecule has 0 aromatic heterocycles. The predicted molar refractivity (Wildman–Crippen MR) is 93.5 cm³/mol. The van der Waals surface area contributed by atoms with E-state index in [0.717, 1.165) is 5.71 Å². The van der Waals surface area contributed by atoms with Gasteiger partial charge in [0.2, 0.25) is 0 Å². The number of rotatable bonds is 14. The van der Waals surface area contributed by atoms with Crippen LogP contribution in [-0.2, 0) is 0 Å². The van der Waals surface area contributed by atoms with E-state index in [4.69, 9.17) is 0 Å². The van der Waals surface area contributed by atoms with E-state index in [1.54, 1.807) is 6.20 Å². The van der Waals surface area contributed by atoms with E-state index in [1.807, 2.05) is 6.08 Å². The van der Waals surface area contributed by atoms with Crippen molar-refractivity contribution < 1.29 is 0 Å². The van der Waals surface area contributed by atoms with Gasteiger partial charge in [-0.2, -0.15) is 0 Å². The first kappa shape index (κ1) is 19.1. The van der Waals surface area contributed by atoms with Crippen LogP contribution in [0.5, 0.6) is 0 Å². The van der Waals surface area contributed by atoms with Gasteiger partial charge in [-0.25, -0.2) is 0 Å². The Morgan fingerprint density at radius 3 is 1.80 bits per heavy atom. The molecule has 0 fully saturated rings. The van der Waals surface area contributed by atoms with Gasteiger partial charge in [0.05, 0.1) is 0 Å². The lowest BCUT2D eigenvalue weighted by Gasteiger charge is -2.17. The van der Waals surface area contributed by atoms with E-state index in [0.29, 0.717) is 5.92 Å². The van der Waals surface area contributed by atoms with Crippen molar-refractivity contribution in [3.63, 3.8) is 0 Å². The third-order valence-electron chi connectivity index (χ3n) is 3.93. The first-order valence-electron chi connectivity index (χ1n) is 8.61. The molecule has 0 rings (SSSR count).